The number of nitrogens with zero attached hydrogens (tertiary/aromatic N) is 1. The molecule has 0 fully saturated rings. The molecule has 74 valence electrons. The second-order valence-corrected chi connectivity index (χ2v) is 4.88. The van der Waals surface area contributed by atoms with Crippen LogP contribution in [0.5, 0.6) is 5.75 Å². The summed E-state index contributed by atoms with van der Waals surface area (Å²) in [6.07, 6.45) is 0. The topological polar surface area (TPSA) is 78.2 Å². The van der Waals surface area contributed by atoms with Crippen molar-refractivity contribution in [2.75, 3.05) is 0 Å². The zero-order valence-electron chi connectivity index (χ0n) is 6.53. The van der Waals surface area contributed by atoms with Crippen LogP contribution in [0.3, 0.4) is 0 Å². The van der Waals surface area contributed by atoms with E-state index in [0.29, 0.717) is 12.1 Å². The number of phenols is 1. The largest absolute Gasteiger partial charge is 0.505 e. The van der Waals surface area contributed by atoms with E-state index >= 15 is 0 Å². The molecule has 0 aliphatic heterocycles. The van der Waals surface area contributed by atoms with Crippen LogP contribution in [-0.4, -0.2) is 13.5 Å². The van der Waals surface area contributed by atoms with Gasteiger partial charge in [-0.3, -0.25) is 0 Å². The van der Waals surface area contributed by atoms with Gasteiger partial charge >= 0.3 is 0 Å². The number of hydrogen-bond acceptors (Lipinski definition) is 4. The van der Waals surface area contributed by atoms with Crippen molar-refractivity contribution in [1.82, 2.24) is 0 Å². The molecule has 4 nitrogen and oxygen atoms in total. The van der Waals surface area contributed by atoms with Crippen LogP contribution in [0.15, 0.2) is 17.0 Å². The number of aromatic hydroxyl groups is 1. The number of rotatable bonds is 1. The third-order valence-corrected chi connectivity index (χ3v) is 2.79. The molecule has 7 heteroatoms. The highest BCUT2D eigenvalue weighted by molar-refractivity contribution is 8.13. The van der Waals surface area contributed by atoms with Crippen LogP contribution in [0, 0.1) is 17.1 Å². The van der Waals surface area contributed by atoms with Crippen LogP contribution in [0.4, 0.5) is 4.39 Å². The van der Waals surface area contributed by atoms with Crippen molar-refractivity contribution in [3.63, 3.8) is 0 Å². The van der Waals surface area contributed by atoms with Crippen molar-refractivity contribution >= 4 is 19.7 Å². The van der Waals surface area contributed by atoms with E-state index in [1.54, 1.807) is 0 Å². The minimum atomic E-state index is -4.16. The molecule has 0 aliphatic rings. The summed E-state index contributed by atoms with van der Waals surface area (Å²) in [5, 5.41) is 17.4. The van der Waals surface area contributed by atoms with E-state index in [-0.39, 0.29) is 0 Å². The van der Waals surface area contributed by atoms with Crippen LogP contribution in [0.25, 0.3) is 0 Å². The van der Waals surface area contributed by atoms with Gasteiger partial charge in [0.15, 0.2) is 11.6 Å². The Kier molecular flexibility index (Phi) is 2.64. The molecule has 0 saturated carbocycles. The fourth-order valence-corrected chi connectivity index (χ4v) is 1.83. The monoisotopic (exact) mass is 235 g/mol. The lowest BCUT2D eigenvalue weighted by molar-refractivity contribution is 0.430. The molecular weight excluding hydrogens is 233 g/mol. The molecule has 0 bridgehead atoms. The van der Waals surface area contributed by atoms with Gasteiger partial charge in [0.1, 0.15) is 11.0 Å². The number of benzene rings is 1. The first-order valence-corrected chi connectivity index (χ1v) is 5.54. The van der Waals surface area contributed by atoms with Gasteiger partial charge in [0.05, 0.1) is 5.56 Å². The highest BCUT2D eigenvalue weighted by Crippen LogP contribution is 2.26. The van der Waals surface area contributed by atoms with Gasteiger partial charge in [-0.2, -0.15) is 5.26 Å². The Morgan fingerprint density at radius 2 is 2.07 bits per heavy atom. The Bertz CT molecular complexity index is 520. The number of phenolic OH excluding ortho intramolecular Hbond substituents is 1. The van der Waals surface area contributed by atoms with Crippen molar-refractivity contribution in [3.05, 3.63) is 23.5 Å². The van der Waals surface area contributed by atoms with Gasteiger partial charge in [0.2, 0.25) is 0 Å². The molecule has 1 aromatic carbocycles. The quantitative estimate of drug-likeness (QED) is 0.745. The molecule has 1 aromatic rings. The summed E-state index contributed by atoms with van der Waals surface area (Å²) in [7, 11) is 0.793. The third kappa shape index (κ3) is 1.95. The molecule has 0 aromatic heterocycles. The molecule has 0 radical (unpaired) electrons. The molecule has 1 rings (SSSR count). The van der Waals surface area contributed by atoms with Gasteiger partial charge in [0, 0.05) is 16.7 Å². The Balaban J connectivity index is 3.61. The SMILES string of the molecule is N#Cc1cc(F)c(O)cc1S(=O)(=O)Cl. The fraction of sp³-hybridized carbons (Fsp3) is 0. The van der Waals surface area contributed by atoms with Crippen molar-refractivity contribution in [2.24, 2.45) is 0 Å². The summed E-state index contributed by atoms with van der Waals surface area (Å²) in [6.45, 7) is 0. The second-order valence-electron chi connectivity index (χ2n) is 2.35. The molecule has 0 amide bonds. The fourth-order valence-electron chi connectivity index (χ4n) is 0.832. The van der Waals surface area contributed by atoms with E-state index < -0.39 is 31.1 Å². The molecule has 0 aliphatic carbocycles. The number of hydrogen-bond donors (Lipinski definition) is 1. The summed E-state index contributed by atoms with van der Waals surface area (Å²) in [5.74, 6) is -1.95. The maximum Gasteiger partial charge on any atom is 0.262 e. The standard InChI is InChI=1S/C7H3ClFNO3S/c8-14(12,13)7-2-6(11)5(9)1-4(7)3-10/h1-2,11H. The average molecular weight is 236 g/mol. The smallest absolute Gasteiger partial charge is 0.262 e. The summed E-state index contributed by atoms with van der Waals surface area (Å²) >= 11 is 0. The van der Waals surface area contributed by atoms with Gasteiger partial charge in [-0.1, -0.05) is 0 Å². The normalized spacial score (nSPS) is 10.9. The highest BCUT2D eigenvalue weighted by Gasteiger charge is 2.18. The Hall–Kier alpha value is -1.32. The number of nitriles is 1. The van der Waals surface area contributed by atoms with E-state index in [1.807, 2.05) is 0 Å². The molecule has 0 unspecified atom stereocenters. The van der Waals surface area contributed by atoms with Gasteiger partial charge in [-0.15, -0.1) is 0 Å². The van der Waals surface area contributed by atoms with Crippen molar-refractivity contribution in [2.45, 2.75) is 4.90 Å². The van der Waals surface area contributed by atoms with E-state index in [9.17, 15) is 12.8 Å². The van der Waals surface area contributed by atoms with Crippen LogP contribution in [0.1, 0.15) is 5.56 Å². The van der Waals surface area contributed by atoms with Crippen molar-refractivity contribution in [3.8, 4) is 11.8 Å². The Morgan fingerprint density at radius 1 is 1.50 bits per heavy atom. The van der Waals surface area contributed by atoms with Crippen molar-refractivity contribution < 1.29 is 17.9 Å². The summed E-state index contributed by atoms with van der Waals surface area (Å²) in [5.41, 5.74) is -0.449. The molecular formula is C7H3ClFNO3S. The zero-order valence-corrected chi connectivity index (χ0v) is 8.10. The van der Waals surface area contributed by atoms with Crippen LogP contribution in [0.2, 0.25) is 0 Å². The molecule has 1 N–H and O–H groups in total. The first-order chi connectivity index (χ1) is 6.36. The van der Waals surface area contributed by atoms with Crippen LogP contribution in [-0.2, 0) is 9.05 Å². The maximum atomic E-state index is 12.7. The molecule has 0 saturated heterocycles. The van der Waals surface area contributed by atoms with Crippen LogP contribution < -0.4 is 0 Å². The molecule has 0 heterocycles. The first kappa shape index (κ1) is 10.8. The lowest BCUT2D eigenvalue weighted by Crippen LogP contribution is -1.96. The Morgan fingerprint density at radius 3 is 2.50 bits per heavy atom. The molecule has 14 heavy (non-hydrogen) atoms. The first-order valence-electron chi connectivity index (χ1n) is 3.23. The zero-order chi connectivity index (χ0) is 10.9. The van der Waals surface area contributed by atoms with Gasteiger partial charge in [0.25, 0.3) is 9.05 Å². The lowest BCUT2D eigenvalue weighted by atomic mass is 10.2. The summed E-state index contributed by atoms with van der Waals surface area (Å²) in [4.78, 5) is -0.611. The maximum absolute atomic E-state index is 12.7. The minimum Gasteiger partial charge on any atom is -0.505 e. The summed E-state index contributed by atoms with van der Waals surface area (Å²) < 4.78 is 34.4. The van der Waals surface area contributed by atoms with E-state index in [4.69, 9.17) is 21.1 Å². The predicted molar refractivity (Wildman–Crippen MR) is 45.8 cm³/mol. The summed E-state index contributed by atoms with van der Waals surface area (Å²) in [6, 6.07) is 2.65. The predicted octanol–water partition coefficient (Wildman–Crippen LogP) is 1.33. The minimum absolute atomic E-state index is 0.449. The number of halogens is 2. The Labute approximate surface area is 83.6 Å². The third-order valence-electron chi connectivity index (χ3n) is 1.43. The highest BCUT2D eigenvalue weighted by atomic mass is 35.7. The van der Waals surface area contributed by atoms with E-state index in [1.165, 1.54) is 6.07 Å². The average Bonchev–Trinajstić information content (AvgIpc) is 2.07. The lowest BCUT2D eigenvalue weighted by Gasteiger charge is -2.01. The van der Waals surface area contributed by atoms with Crippen LogP contribution >= 0.6 is 10.7 Å². The van der Waals surface area contributed by atoms with E-state index in [2.05, 4.69) is 0 Å². The molecule has 0 spiro atoms. The van der Waals surface area contributed by atoms with Gasteiger partial charge in [-0.05, 0) is 6.07 Å². The molecule has 0 atom stereocenters. The van der Waals surface area contributed by atoms with Crippen molar-refractivity contribution in [1.29, 1.82) is 5.26 Å². The van der Waals surface area contributed by atoms with E-state index in [0.717, 1.165) is 0 Å². The van der Waals surface area contributed by atoms with Gasteiger partial charge < -0.3 is 5.11 Å². The van der Waals surface area contributed by atoms with Gasteiger partial charge in [-0.25, -0.2) is 12.8 Å². The second kappa shape index (κ2) is 3.44.